The number of carbonyl (C=O) groups excluding carboxylic acids is 1. The molecule has 96 valence electrons. The number of hydrazine groups is 1. The van der Waals surface area contributed by atoms with Gasteiger partial charge in [-0.1, -0.05) is 0 Å². The largest absolute Gasteiger partial charge is 2.00 e. The van der Waals surface area contributed by atoms with Crippen molar-refractivity contribution in [3.05, 3.63) is 60.2 Å². The van der Waals surface area contributed by atoms with Gasteiger partial charge in [0, 0.05) is 5.92 Å². The van der Waals surface area contributed by atoms with Crippen LogP contribution in [0.25, 0.3) is 0 Å². The van der Waals surface area contributed by atoms with Crippen molar-refractivity contribution in [2.45, 2.75) is 12.3 Å². The molecule has 3 N–H and O–H groups in total. The van der Waals surface area contributed by atoms with Crippen molar-refractivity contribution in [3.63, 3.8) is 0 Å². The van der Waals surface area contributed by atoms with Crippen LogP contribution in [0.2, 0.25) is 0 Å². The van der Waals surface area contributed by atoms with Crippen LogP contribution in [0.4, 0.5) is 0 Å². The van der Waals surface area contributed by atoms with Gasteiger partial charge in [0.1, 0.15) is 0 Å². The molecule has 18 heavy (non-hydrogen) atoms. The zero-order chi connectivity index (χ0) is 12.1. The summed E-state index contributed by atoms with van der Waals surface area (Å²) in [5, 5.41) is 0. The Morgan fingerprint density at radius 3 is 2.44 bits per heavy atom. The molecule has 1 saturated carbocycles. The molecule has 1 aliphatic carbocycles. The van der Waals surface area contributed by atoms with E-state index in [1.807, 2.05) is 42.5 Å². The molecular weight excluding hydrogens is 268 g/mol. The minimum absolute atomic E-state index is 0. The summed E-state index contributed by atoms with van der Waals surface area (Å²) in [6.45, 7) is 0. The normalized spacial score (nSPS) is 20.1. The van der Waals surface area contributed by atoms with E-state index in [0.717, 1.165) is 6.42 Å². The molecule has 2 aromatic carbocycles. The summed E-state index contributed by atoms with van der Waals surface area (Å²) in [7, 11) is 0. The maximum absolute atomic E-state index is 11.0. The third kappa shape index (κ3) is 3.84. The van der Waals surface area contributed by atoms with Crippen molar-refractivity contribution in [1.29, 1.82) is 0 Å². The van der Waals surface area contributed by atoms with Crippen LogP contribution in [0.15, 0.2) is 54.6 Å². The molecule has 2 atom stereocenters. The summed E-state index contributed by atoms with van der Waals surface area (Å²) in [4.78, 5) is 11.0. The first-order valence-electron chi connectivity index (χ1n) is 5.71. The second kappa shape index (κ2) is 7.17. The molecule has 0 aliphatic heterocycles. The van der Waals surface area contributed by atoms with Crippen LogP contribution in [-0.2, 0) is 21.9 Å². The van der Waals surface area contributed by atoms with Gasteiger partial charge in [0.2, 0.25) is 5.91 Å². The fourth-order valence-corrected chi connectivity index (χ4v) is 1.92. The van der Waals surface area contributed by atoms with E-state index in [9.17, 15) is 4.79 Å². The van der Waals surface area contributed by atoms with Gasteiger partial charge in [-0.05, 0) is 12.3 Å². The first kappa shape index (κ1) is 14.7. The molecule has 4 heteroatoms. The monoisotopic (exact) mass is 284 g/mol. The maximum Gasteiger partial charge on any atom is 2.00 e. The summed E-state index contributed by atoms with van der Waals surface area (Å²) in [5.41, 5.74) is 3.43. The van der Waals surface area contributed by atoms with Crippen molar-refractivity contribution in [2.75, 3.05) is 0 Å². The predicted octanol–water partition coefficient (Wildman–Crippen LogP) is 1.90. The van der Waals surface area contributed by atoms with Crippen LogP contribution in [-0.4, -0.2) is 5.91 Å². The Labute approximate surface area is 118 Å². The van der Waals surface area contributed by atoms with Crippen LogP contribution in [0.3, 0.4) is 0 Å². The average Bonchev–Trinajstić information content (AvgIpc) is 2.85. The van der Waals surface area contributed by atoms with E-state index < -0.39 is 0 Å². The van der Waals surface area contributed by atoms with Crippen molar-refractivity contribution in [2.24, 2.45) is 11.8 Å². The van der Waals surface area contributed by atoms with Gasteiger partial charge in [0.15, 0.2) is 0 Å². The Kier molecular flexibility index (Phi) is 5.86. The Bertz CT molecular complexity index is 419. The fraction of sp³-hybridized carbons (Fsp3) is 0.214. The van der Waals surface area contributed by atoms with Crippen LogP contribution in [0.5, 0.6) is 0 Å². The SMILES string of the molecule is NNC(=O)C1CC1c1ccc[cH-]1.[Fe+2].c1cc[cH-]c1. The van der Waals surface area contributed by atoms with E-state index in [0.29, 0.717) is 5.92 Å². The quantitative estimate of drug-likeness (QED) is 0.291. The van der Waals surface area contributed by atoms with E-state index in [1.54, 1.807) is 0 Å². The second-order valence-electron chi connectivity index (χ2n) is 4.14. The van der Waals surface area contributed by atoms with Gasteiger partial charge < -0.3 is 0 Å². The molecule has 3 rings (SSSR count). The minimum atomic E-state index is -0.0406. The molecule has 0 spiro atoms. The third-order valence-corrected chi connectivity index (χ3v) is 2.94. The molecule has 0 heterocycles. The molecule has 0 saturated heterocycles. The third-order valence-electron chi connectivity index (χ3n) is 2.94. The van der Waals surface area contributed by atoms with Gasteiger partial charge in [-0.15, -0.1) is 0 Å². The Hall–Kier alpha value is -1.35. The Morgan fingerprint density at radius 2 is 2.00 bits per heavy atom. The van der Waals surface area contributed by atoms with Gasteiger partial charge in [-0.2, -0.15) is 35.9 Å². The number of amides is 1. The first-order valence-corrected chi connectivity index (χ1v) is 5.71. The van der Waals surface area contributed by atoms with E-state index >= 15 is 0 Å². The standard InChI is InChI=1S/C9H11N2O.C5H5.Fe/c10-11-9(12)8-5-7(8)6-3-1-2-4-6;1-2-4-5-3-1;/h1-4,7-8H,5,10H2,(H,11,12);1-5H;/q2*-1;+2. The van der Waals surface area contributed by atoms with Crippen LogP contribution < -0.4 is 11.3 Å². The van der Waals surface area contributed by atoms with Crippen molar-refractivity contribution < 1.29 is 21.9 Å². The number of hydrogen-bond acceptors (Lipinski definition) is 2. The summed E-state index contributed by atoms with van der Waals surface area (Å²) >= 11 is 0. The topological polar surface area (TPSA) is 55.1 Å². The second-order valence-corrected chi connectivity index (χ2v) is 4.14. The number of rotatable bonds is 2. The van der Waals surface area contributed by atoms with E-state index in [4.69, 9.17) is 5.84 Å². The molecule has 0 bridgehead atoms. The maximum atomic E-state index is 11.0. The zero-order valence-corrected chi connectivity index (χ0v) is 11.0. The van der Waals surface area contributed by atoms with Gasteiger partial charge in [-0.3, -0.25) is 10.2 Å². The molecule has 1 amide bonds. The van der Waals surface area contributed by atoms with E-state index in [-0.39, 0.29) is 28.9 Å². The molecule has 3 nitrogen and oxygen atoms in total. The average molecular weight is 284 g/mol. The zero-order valence-electron chi connectivity index (χ0n) is 9.90. The van der Waals surface area contributed by atoms with Crippen LogP contribution in [0.1, 0.15) is 17.9 Å². The van der Waals surface area contributed by atoms with E-state index in [1.165, 1.54) is 5.56 Å². The molecule has 1 aliphatic rings. The summed E-state index contributed by atoms with van der Waals surface area (Å²) in [5.74, 6) is 5.50. The Morgan fingerprint density at radius 1 is 1.28 bits per heavy atom. The van der Waals surface area contributed by atoms with Gasteiger partial charge >= 0.3 is 17.1 Å². The van der Waals surface area contributed by atoms with Crippen LogP contribution >= 0.6 is 0 Å². The minimum Gasteiger partial charge on any atom is -0.294 e. The van der Waals surface area contributed by atoms with Crippen molar-refractivity contribution in [1.82, 2.24) is 5.43 Å². The van der Waals surface area contributed by atoms with Crippen molar-refractivity contribution in [3.8, 4) is 0 Å². The molecular formula is C14H16FeN2O. The number of carbonyl (C=O) groups is 1. The molecule has 0 radical (unpaired) electrons. The molecule has 2 aromatic rings. The van der Waals surface area contributed by atoms with Gasteiger partial charge in [-0.25, -0.2) is 30.1 Å². The molecule has 0 aromatic heterocycles. The molecule has 1 fully saturated rings. The number of hydrogen-bond donors (Lipinski definition) is 2. The fourth-order valence-electron chi connectivity index (χ4n) is 1.92. The molecule has 2 unspecified atom stereocenters. The predicted molar refractivity (Wildman–Crippen MR) is 67.2 cm³/mol. The van der Waals surface area contributed by atoms with Crippen LogP contribution in [0, 0.1) is 5.92 Å². The number of nitrogens with two attached hydrogens (primary N) is 1. The van der Waals surface area contributed by atoms with Gasteiger partial charge in [0.25, 0.3) is 0 Å². The summed E-state index contributed by atoms with van der Waals surface area (Å²) < 4.78 is 0. The summed E-state index contributed by atoms with van der Waals surface area (Å²) in [6, 6.07) is 18.1. The summed E-state index contributed by atoms with van der Waals surface area (Å²) in [6.07, 6.45) is 0.938. The van der Waals surface area contributed by atoms with Crippen molar-refractivity contribution >= 4 is 5.91 Å². The Balaban J connectivity index is 0.000000230. The number of nitrogens with one attached hydrogen (secondary N) is 1. The first-order chi connectivity index (χ1) is 8.33. The van der Waals surface area contributed by atoms with Gasteiger partial charge in [0.05, 0.1) is 0 Å². The smallest absolute Gasteiger partial charge is 0.294 e. The van der Waals surface area contributed by atoms with E-state index in [2.05, 4.69) is 17.6 Å².